The molecule has 23 heavy (non-hydrogen) atoms. The van der Waals surface area contributed by atoms with Gasteiger partial charge in [-0.2, -0.15) is 5.10 Å². The lowest BCUT2D eigenvalue weighted by Gasteiger charge is -2.05. The number of fused-ring (bicyclic) bond motifs is 2. The van der Waals surface area contributed by atoms with Crippen molar-refractivity contribution in [2.24, 2.45) is 0 Å². The van der Waals surface area contributed by atoms with Crippen LogP contribution in [0.3, 0.4) is 0 Å². The Morgan fingerprint density at radius 1 is 1.13 bits per heavy atom. The van der Waals surface area contributed by atoms with Gasteiger partial charge in [-0.05, 0) is 31.2 Å². The first-order chi connectivity index (χ1) is 11.2. The number of benzene rings is 1. The summed E-state index contributed by atoms with van der Waals surface area (Å²) in [4.78, 5) is 25.3. The molecular weight excluding hydrogens is 292 g/mol. The van der Waals surface area contributed by atoms with Crippen molar-refractivity contribution in [3.05, 3.63) is 60.3 Å². The predicted molar refractivity (Wildman–Crippen MR) is 85.2 cm³/mol. The zero-order valence-corrected chi connectivity index (χ0v) is 12.3. The molecule has 0 saturated heterocycles. The molecule has 0 fully saturated rings. The lowest BCUT2D eigenvalue weighted by molar-refractivity contribution is 0.102. The zero-order valence-electron chi connectivity index (χ0n) is 12.3. The van der Waals surface area contributed by atoms with Crippen molar-refractivity contribution in [1.82, 2.24) is 24.6 Å². The molecule has 1 amide bonds. The lowest BCUT2D eigenvalue weighted by Crippen LogP contribution is -2.12. The highest BCUT2D eigenvalue weighted by atomic mass is 16.1. The van der Waals surface area contributed by atoms with E-state index in [0.717, 1.165) is 16.7 Å². The lowest BCUT2D eigenvalue weighted by atomic mass is 10.2. The van der Waals surface area contributed by atoms with E-state index in [-0.39, 0.29) is 5.91 Å². The summed E-state index contributed by atoms with van der Waals surface area (Å²) in [6.45, 7) is 1.87. The molecule has 0 radical (unpaired) electrons. The summed E-state index contributed by atoms with van der Waals surface area (Å²) in [6, 6.07) is 7.23. The van der Waals surface area contributed by atoms with Crippen LogP contribution in [-0.2, 0) is 0 Å². The summed E-state index contributed by atoms with van der Waals surface area (Å²) < 4.78 is 1.58. The van der Waals surface area contributed by atoms with Crippen LogP contribution in [0, 0.1) is 6.92 Å². The highest BCUT2D eigenvalue weighted by Crippen LogP contribution is 2.17. The van der Waals surface area contributed by atoms with E-state index in [9.17, 15) is 4.79 Å². The molecule has 7 nitrogen and oxygen atoms in total. The molecule has 0 atom stereocenters. The number of hydrogen-bond donors (Lipinski definition) is 1. The van der Waals surface area contributed by atoms with Crippen LogP contribution >= 0.6 is 0 Å². The fourth-order valence-corrected chi connectivity index (χ4v) is 2.36. The maximum absolute atomic E-state index is 12.5. The number of anilines is 1. The minimum atomic E-state index is -0.263. The Labute approximate surface area is 131 Å². The maximum Gasteiger partial charge on any atom is 0.261 e. The number of carbonyl (C=O) groups excluding carboxylic acids is 1. The number of carbonyl (C=O) groups is 1. The van der Waals surface area contributed by atoms with Crippen molar-refractivity contribution in [1.29, 1.82) is 0 Å². The fourth-order valence-electron chi connectivity index (χ4n) is 2.36. The quantitative estimate of drug-likeness (QED) is 0.614. The van der Waals surface area contributed by atoms with Crippen LogP contribution in [0.4, 0.5) is 5.69 Å². The zero-order chi connectivity index (χ0) is 15.8. The van der Waals surface area contributed by atoms with E-state index in [0.29, 0.717) is 16.9 Å². The predicted octanol–water partition coefficient (Wildman–Crippen LogP) is 2.23. The SMILES string of the molecule is Cc1ccn2ncc(C(=O)Nc3ccc4nccnc4c3)c2n1. The number of nitrogens with zero attached hydrogens (tertiary/aromatic N) is 5. The molecule has 4 aromatic rings. The second-order valence-electron chi connectivity index (χ2n) is 5.11. The third-order valence-electron chi connectivity index (χ3n) is 3.48. The van der Waals surface area contributed by atoms with Gasteiger partial charge in [-0.1, -0.05) is 0 Å². The average Bonchev–Trinajstić information content (AvgIpc) is 2.98. The van der Waals surface area contributed by atoms with Crippen molar-refractivity contribution < 1.29 is 4.79 Å². The van der Waals surface area contributed by atoms with Crippen LogP contribution in [0.2, 0.25) is 0 Å². The number of hydrogen-bond acceptors (Lipinski definition) is 5. The minimum Gasteiger partial charge on any atom is -0.322 e. The Balaban J connectivity index is 1.69. The van der Waals surface area contributed by atoms with Gasteiger partial charge in [0.2, 0.25) is 0 Å². The van der Waals surface area contributed by atoms with Gasteiger partial charge in [0.15, 0.2) is 5.65 Å². The summed E-state index contributed by atoms with van der Waals surface area (Å²) >= 11 is 0. The maximum atomic E-state index is 12.5. The first-order valence-corrected chi connectivity index (χ1v) is 7.04. The molecule has 0 saturated carbocycles. The fraction of sp³-hybridized carbons (Fsp3) is 0.0625. The van der Waals surface area contributed by atoms with Crippen molar-refractivity contribution >= 4 is 28.3 Å². The molecule has 1 aromatic carbocycles. The van der Waals surface area contributed by atoms with Crippen LogP contribution in [0.5, 0.6) is 0 Å². The van der Waals surface area contributed by atoms with E-state index < -0.39 is 0 Å². The smallest absolute Gasteiger partial charge is 0.261 e. The third kappa shape index (κ3) is 2.38. The van der Waals surface area contributed by atoms with Gasteiger partial charge in [0.1, 0.15) is 5.56 Å². The van der Waals surface area contributed by atoms with Gasteiger partial charge in [-0.15, -0.1) is 0 Å². The van der Waals surface area contributed by atoms with E-state index in [4.69, 9.17) is 0 Å². The Morgan fingerprint density at radius 3 is 2.83 bits per heavy atom. The number of aryl methyl sites for hydroxylation is 1. The molecule has 0 unspecified atom stereocenters. The molecule has 4 rings (SSSR count). The summed E-state index contributed by atoms with van der Waals surface area (Å²) in [5.74, 6) is -0.263. The van der Waals surface area contributed by atoms with Gasteiger partial charge in [0.25, 0.3) is 5.91 Å². The Kier molecular flexibility index (Phi) is 2.97. The third-order valence-corrected chi connectivity index (χ3v) is 3.48. The molecule has 3 aromatic heterocycles. The molecule has 0 aliphatic heterocycles. The van der Waals surface area contributed by atoms with Gasteiger partial charge < -0.3 is 5.32 Å². The Bertz CT molecular complexity index is 1040. The monoisotopic (exact) mass is 304 g/mol. The molecular formula is C16H12N6O. The van der Waals surface area contributed by atoms with E-state index in [1.165, 1.54) is 6.20 Å². The number of amides is 1. The second kappa shape index (κ2) is 5.13. The van der Waals surface area contributed by atoms with Crippen LogP contribution in [-0.4, -0.2) is 30.5 Å². The van der Waals surface area contributed by atoms with Gasteiger partial charge in [-0.25, -0.2) is 9.50 Å². The van der Waals surface area contributed by atoms with E-state index in [2.05, 4.69) is 25.4 Å². The summed E-state index contributed by atoms with van der Waals surface area (Å²) in [7, 11) is 0. The molecule has 1 N–H and O–H groups in total. The molecule has 0 spiro atoms. The summed E-state index contributed by atoms with van der Waals surface area (Å²) in [6.07, 6.45) is 6.54. The molecule has 3 heterocycles. The first kappa shape index (κ1) is 13.3. The molecule has 112 valence electrons. The Hall–Kier alpha value is -3.35. The van der Waals surface area contributed by atoms with Crippen molar-refractivity contribution in [3.63, 3.8) is 0 Å². The largest absolute Gasteiger partial charge is 0.322 e. The molecule has 0 bridgehead atoms. The van der Waals surface area contributed by atoms with Gasteiger partial charge in [0, 0.05) is 30.0 Å². The minimum absolute atomic E-state index is 0.263. The van der Waals surface area contributed by atoms with Gasteiger partial charge in [0.05, 0.1) is 17.2 Å². The van der Waals surface area contributed by atoms with Gasteiger partial charge >= 0.3 is 0 Å². The van der Waals surface area contributed by atoms with Crippen molar-refractivity contribution in [3.8, 4) is 0 Å². The van der Waals surface area contributed by atoms with Crippen LogP contribution in [0.25, 0.3) is 16.7 Å². The van der Waals surface area contributed by atoms with Crippen LogP contribution < -0.4 is 5.32 Å². The number of nitrogens with one attached hydrogen (secondary N) is 1. The van der Waals surface area contributed by atoms with Crippen LogP contribution in [0.1, 0.15) is 16.1 Å². The standard InChI is InChI=1S/C16H12N6O/c1-10-4-7-22-15(20-10)12(9-19-22)16(23)21-11-2-3-13-14(8-11)18-6-5-17-13/h2-9H,1H3,(H,21,23). The second-order valence-corrected chi connectivity index (χ2v) is 5.11. The Morgan fingerprint density at radius 2 is 1.96 bits per heavy atom. The van der Waals surface area contributed by atoms with Crippen molar-refractivity contribution in [2.75, 3.05) is 5.32 Å². The molecule has 0 aliphatic rings. The molecule has 7 heteroatoms. The van der Waals surface area contributed by atoms with Crippen molar-refractivity contribution in [2.45, 2.75) is 6.92 Å². The van der Waals surface area contributed by atoms with E-state index >= 15 is 0 Å². The topological polar surface area (TPSA) is 85.1 Å². The summed E-state index contributed by atoms with van der Waals surface area (Å²) in [5, 5.41) is 6.99. The normalized spacial score (nSPS) is 11.0. The van der Waals surface area contributed by atoms with Crippen LogP contribution in [0.15, 0.2) is 49.1 Å². The van der Waals surface area contributed by atoms with E-state index in [1.54, 1.807) is 35.2 Å². The highest BCUT2D eigenvalue weighted by Gasteiger charge is 2.14. The number of aromatic nitrogens is 5. The first-order valence-electron chi connectivity index (χ1n) is 7.04. The highest BCUT2D eigenvalue weighted by molar-refractivity contribution is 6.08. The van der Waals surface area contributed by atoms with E-state index in [1.807, 2.05) is 19.1 Å². The number of rotatable bonds is 2. The average molecular weight is 304 g/mol. The molecule has 0 aliphatic carbocycles. The van der Waals surface area contributed by atoms with Gasteiger partial charge in [-0.3, -0.25) is 14.8 Å². The summed E-state index contributed by atoms with van der Waals surface area (Å²) in [5.41, 5.74) is 3.93.